The lowest BCUT2D eigenvalue weighted by molar-refractivity contribution is -0.127. The van der Waals surface area contributed by atoms with E-state index in [9.17, 15) is 4.79 Å². The van der Waals surface area contributed by atoms with Gasteiger partial charge in [-0.1, -0.05) is 24.6 Å². The maximum atomic E-state index is 12.7. The first kappa shape index (κ1) is 16.1. The Morgan fingerprint density at radius 2 is 2.16 bits per heavy atom. The van der Waals surface area contributed by atoms with E-state index in [1.165, 1.54) is 6.42 Å². The molecule has 2 aromatic rings. The lowest BCUT2D eigenvalue weighted by Gasteiger charge is -2.25. The summed E-state index contributed by atoms with van der Waals surface area (Å²) >= 11 is 0. The van der Waals surface area contributed by atoms with Crippen LogP contribution in [0, 0.1) is 5.92 Å². The van der Waals surface area contributed by atoms with Crippen LogP contribution in [-0.4, -0.2) is 27.3 Å². The van der Waals surface area contributed by atoms with Gasteiger partial charge >= 0.3 is 0 Å². The minimum Gasteiger partial charge on any atom is -0.492 e. The van der Waals surface area contributed by atoms with Crippen LogP contribution in [0.3, 0.4) is 0 Å². The minimum atomic E-state index is -0.163. The van der Waals surface area contributed by atoms with Crippen molar-refractivity contribution in [3.05, 3.63) is 41.5 Å². The predicted octanol–water partition coefficient (Wildman–Crippen LogP) is 2.43. The van der Waals surface area contributed by atoms with E-state index in [1.807, 2.05) is 31.2 Å². The highest BCUT2D eigenvalue weighted by molar-refractivity contribution is 5.80. The SMILES string of the molecule is C[C@H](NC(=O)[C@H]1COc2ccccc2C1)c1nnc2n1CCCCC2. The standard InChI is InChI=1S/C19H24N4O2/c1-13(18-22-21-17-9-3-2-6-10-23(17)18)20-19(24)15-11-14-7-4-5-8-16(14)25-12-15/h4-5,7-8,13,15H,2-3,6,9-12H2,1H3,(H,20,24)/t13-,15+/m0/s1. The number of fused-ring (bicyclic) bond motifs is 2. The maximum absolute atomic E-state index is 12.7. The third-order valence-electron chi connectivity index (χ3n) is 5.13. The third-order valence-corrected chi connectivity index (χ3v) is 5.13. The second kappa shape index (κ2) is 6.86. The third kappa shape index (κ3) is 3.25. The van der Waals surface area contributed by atoms with Gasteiger partial charge in [0.1, 0.15) is 18.2 Å². The van der Waals surface area contributed by atoms with Crippen LogP contribution in [0.2, 0.25) is 0 Å². The van der Waals surface area contributed by atoms with E-state index in [0.29, 0.717) is 13.0 Å². The molecule has 25 heavy (non-hydrogen) atoms. The van der Waals surface area contributed by atoms with Crippen molar-refractivity contribution >= 4 is 5.91 Å². The van der Waals surface area contributed by atoms with Gasteiger partial charge in [-0.05, 0) is 37.8 Å². The average molecular weight is 340 g/mol. The molecular weight excluding hydrogens is 316 g/mol. The van der Waals surface area contributed by atoms with Gasteiger partial charge in [-0.25, -0.2) is 0 Å². The Bertz CT molecular complexity index is 771. The molecule has 0 spiro atoms. The number of hydrogen-bond donors (Lipinski definition) is 1. The second-order valence-electron chi connectivity index (χ2n) is 6.99. The smallest absolute Gasteiger partial charge is 0.227 e. The predicted molar refractivity (Wildman–Crippen MR) is 93.3 cm³/mol. The Morgan fingerprint density at radius 3 is 3.08 bits per heavy atom. The zero-order valence-corrected chi connectivity index (χ0v) is 14.6. The summed E-state index contributed by atoms with van der Waals surface area (Å²) in [4.78, 5) is 12.7. The topological polar surface area (TPSA) is 69.0 Å². The largest absolute Gasteiger partial charge is 0.492 e. The number of nitrogens with zero attached hydrogens (tertiary/aromatic N) is 3. The van der Waals surface area contributed by atoms with Gasteiger partial charge in [-0.2, -0.15) is 0 Å². The van der Waals surface area contributed by atoms with Crippen LogP contribution in [0.15, 0.2) is 24.3 Å². The summed E-state index contributed by atoms with van der Waals surface area (Å²) in [5.74, 6) is 2.66. The summed E-state index contributed by atoms with van der Waals surface area (Å²) in [6.45, 7) is 3.35. The fraction of sp³-hybridized carbons (Fsp3) is 0.526. The summed E-state index contributed by atoms with van der Waals surface area (Å²) in [6, 6.07) is 7.77. The molecule has 2 atom stereocenters. The summed E-state index contributed by atoms with van der Waals surface area (Å²) < 4.78 is 7.93. The molecule has 6 nitrogen and oxygen atoms in total. The number of benzene rings is 1. The number of hydrogen-bond acceptors (Lipinski definition) is 4. The van der Waals surface area contributed by atoms with Gasteiger partial charge in [0.05, 0.1) is 12.0 Å². The lowest BCUT2D eigenvalue weighted by Crippen LogP contribution is -2.39. The molecule has 2 aliphatic heterocycles. The van der Waals surface area contributed by atoms with Crippen LogP contribution in [0.4, 0.5) is 0 Å². The van der Waals surface area contributed by atoms with Crippen molar-refractivity contribution in [2.24, 2.45) is 5.92 Å². The van der Waals surface area contributed by atoms with Gasteiger partial charge in [0.2, 0.25) is 5.91 Å². The normalized spacial score (nSPS) is 20.6. The van der Waals surface area contributed by atoms with Gasteiger partial charge in [0.15, 0.2) is 5.82 Å². The number of para-hydroxylation sites is 1. The van der Waals surface area contributed by atoms with Crippen LogP contribution >= 0.6 is 0 Å². The van der Waals surface area contributed by atoms with Crippen LogP contribution in [0.5, 0.6) is 5.75 Å². The average Bonchev–Trinajstić information content (AvgIpc) is 2.90. The molecule has 0 radical (unpaired) electrons. The molecule has 0 aliphatic carbocycles. The lowest BCUT2D eigenvalue weighted by atomic mass is 9.96. The molecule has 4 rings (SSSR count). The molecule has 1 aromatic heterocycles. The number of carbonyl (C=O) groups is 1. The Hall–Kier alpha value is -2.37. The van der Waals surface area contributed by atoms with E-state index in [1.54, 1.807) is 0 Å². The fourth-order valence-electron chi connectivity index (χ4n) is 3.72. The molecule has 1 aromatic carbocycles. The molecule has 2 aliphatic rings. The molecule has 0 fully saturated rings. The molecule has 1 amide bonds. The Balaban J connectivity index is 1.44. The second-order valence-corrected chi connectivity index (χ2v) is 6.99. The summed E-state index contributed by atoms with van der Waals surface area (Å²) in [7, 11) is 0. The highest BCUT2D eigenvalue weighted by Crippen LogP contribution is 2.27. The molecule has 3 heterocycles. The Morgan fingerprint density at radius 1 is 1.28 bits per heavy atom. The van der Waals surface area contributed by atoms with Gasteiger partial charge in [0.25, 0.3) is 0 Å². The number of ether oxygens (including phenoxy) is 1. The van der Waals surface area contributed by atoms with Crippen molar-refractivity contribution in [3.8, 4) is 5.75 Å². The Labute approximate surface area is 147 Å². The fourth-order valence-corrected chi connectivity index (χ4v) is 3.72. The van der Waals surface area contributed by atoms with Crippen LogP contribution in [0.1, 0.15) is 49.4 Å². The number of amides is 1. The number of nitrogens with one attached hydrogen (secondary N) is 1. The summed E-state index contributed by atoms with van der Waals surface area (Å²) in [5.41, 5.74) is 1.10. The quantitative estimate of drug-likeness (QED) is 0.932. The molecular formula is C19H24N4O2. The van der Waals surface area contributed by atoms with Crippen molar-refractivity contribution in [1.82, 2.24) is 20.1 Å². The monoisotopic (exact) mass is 340 g/mol. The number of aromatic nitrogens is 3. The molecule has 0 unspecified atom stereocenters. The highest BCUT2D eigenvalue weighted by Gasteiger charge is 2.28. The molecule has 132 valence electrons. The summed E-state index contributed by atoms with van der Waals surface area (Å²) in [6.07, 6.45) is 5.22. The first-order chi connectivity index (χ1) is 12.2. The molecule has 6 heteroatoms. The minimum absolute atomic E-state index is 0.0213. The van der Waals surface area contributed by atoms with Crippen molar-refractivity contribution in [3.63, 3.8) is 0 Å². The highest BCUT2D eigenvalue weighted by atomic mass is 16.5. The Kier molecular flexibility index (Phi) is 4.42. The van der Waals surface area contributed by atoms with Gasteiger partial charge in [-0.15, -0.1) is 10.2 Å². The first-order valence-electron chi connectivity index (χ1n) is 9.15. The van der Waals surface area contributed by atoms with Crippen molar-refractivity contribution < 1.29 is 9.53 Å². The number of rotatable bonds is 3. The summed E-state index contributed by atoms with van der Waals surface area (Å²) in [5, 5.41) is 11.8. The van der Waals surface area contributed by atoms with E-state index in [0.717, 1.165) is 48.8 Å². The van der Waals surface area contributed by atoms with Crippen LogP contribution in [0.25, 0.3) is 0 Å². The van der Waals surface area contributed by atoms with E-state index < -0.39 is 0 Å². The van der Waals surface area contributed by atoms with E-state index in [-0.39, 0.29) is 17.9 Å². The molecule has 0 saturated carbocycles. The molecule has 0 saturated heterocycles. The van der Waals surface area contributed by atoms with E-state index in [4.69, 9.17) is 4.74 Å². The number of carbonyl (C=O) groups excluding carboxylic acids is 1. The van der Waals surface area contributed by atoms with Gasteiger partial charge in [-0.3, -0.25) is 4.79 Å². The van der Waals surface area contributed by atoms with Crippen molar-refractivity contribution in [2.45, 2.75) is 51.6 Å². The van der Waals surface area contributed by atoms with Gasteiger partial charge < -0.3 is 14.6 Å². The molecule has 1 N–H and O–H groups in total. The zero-order chi connectivity index (χ0) is 17.2. The van der Waals surface area contributed by atoms with Gasteiger partial charge in [0, 0.05) is 13.0 Å². The van der Waals surface area contributed by atoms with E-state index >= 15 is 0 Å². The maximum Gasteiger partial charge on any atom is 0.227 e. The first-order valence-corrected chi connectivity index (χ1v) is 9.15. The zero-order valence-electron chi connectivity index (χ0n) is 14.6. The van der Waals surface area contributed by atoms with Crippen LogP contribution < -0.4 is 10.1 Å². The van der Waals surface area contributed by atoms with E-state index in [2.05, 4.69) is 20.1 Å². The van der Waals surface area contributed by atoms with Crippen LogP contribution in [-0.2, 0) is 24.2 Å². The molecule has 0 bridgehead atoms. The van der Waals surface area contributed by atoms with Crippen molar-refractivity contribution in [1.29, 1.82) is 0 Å². The van der Waals surface area contributed by atoms with Crippen molar-refractivity contribution in [2.75, 3.05) is 6.61 Å². The number of aryl methyl sites for hydroxylation is 1.